The van der Waals surface area contributed by atoms with E-state index in [1.807, 2.05) is 22.9 Å². The fourth-order valence-electron chi connectivity index (χ4n) is 2.53. The van der Waals surface area contributed by atoms with Crippen LogP contribution in [0.25, 0.3) is 21.8 Å². The lowest BCUT2D eigenvalue weighted by Gasteiger charge is -2.10. The molecule has 3 aromatic rings. The Labute approximate surface area is 140 Å². The first kappa shape index (κ1) is 15.3. The summed E-state index contributed by atoms with van der Waals surface area (Å²) < 4.78 is 7.31. The molecule has 0 bridgehead atoms. The number of hydrogen-bond acceptors (Lipinski definition) is 6. The molecule has 0 saturated heterocycles. The number of hydrogen-bond donors (Lipinski definition) is 2. The van der Waals surface area contributed by atoms with Crippen LogP contribution >= 0.6 is 15.9 Å². The van der Waals surface area contributed by atoms with E-state index in [-0.39, 0.29) is 5.95 Å². The minimum absolute atomic E-state index is 0.119. The molecule has 0 atom stereocenters. The Morgan fingerprint density at radius 2 is 2.17 bits per heavy atom. The van der Waals surface area contributed by atoms with Crippen molar-refractivity contribution >= 4 is 55.5 Å². The molecule has 118 valence electrons. The molecule has 4 N–H and O–H groups in total. The van der Waals surface area contributed by atoms with Gasteiger partial charge >= 0.3 is 5.97 Å². The topological polar surface area (TPSA) is 109 Å². The molecule has 2 aromatic heterocycles. The van der Waals surface area contributed by atoms with Crippen molar-refractivity contribution < 1.29 is 9.53 Å². The van der Waals surface area contributed by atoms with Crippen LogP contribution in [0, 0.1) is 0 Å². The smallest absolute Gasteiger partial charge is 0.334 e. The van der Waals surface area contributed by atoms with Crippen LogP contribution < -0.4 is 11.5 Å². The van der Waals surface area contributed by atoms with E-state index in [9.17, 15) is 4.79 Å². The number of carbonyl (C=O) groups is 1. The summed E-state index contributed by atoms with van der Waals surface area (Å²) >= 11 is 3.49. The quantitative estimate of drug-likeness (QED) is 0.536. The van der Waals surface area contributed by atoms with Crippen LogP contribution in [-0.4, -0.2) is 27.6 Å². The third-order valence-electron chi connectivity index (χ3n) is 3.56. The molecule has 0 radical (unpaired) electrons. The molecule has 0 aliphatic heterocycles. The zero-order valence-electron chi connectivity index (χ0n) is 12.3. The van der Waals surface area contributed by atoms with E-state index in [1.54, 1.807) is 0 Å². The van der Waals surface area contributed by atoms with Crippen LogP contribution in [-0.2, 0) is 16.1 Å². The van der Waals surface area contributed by atoms with Crippen molar-refractivity contribution in [3.63, 3.8) is 0 Å². The molecule has 0 aliphatic carbocycles. The summed E-state index contributed by atoms with van der Waals surface area (Å²) in [5, 5.41) is 1.59. The number of ether oxygens (including phenoxy) is 1. The van der Waals surface area contributed by atoms with Crippen LogP contribution in [0.2, 0.25) is 0 Å². The van der Waals surface area contributed by atoms with Crippen LogP contribution in [0.3, 0.4) is 0 Å². The maximum atomic E-state index is 11.5. The van der Waals surface area contributed by atoms with Crippen molar-refractivity contribution in [2.24, 2.45) is 0 Å². The summed E-state index contributed by atoms with van der Waals surface area (Å²) in [4.78, 5) is 19.8. The summed E-state index contributed by atoms with van der Waals surface area (Å²) in [7, 11) is 1.33. The fourth-order valence-corrected chi connectivity index (χ4v) is 3.04. The SMILES string of the molecule is C=C(Cn1ccc2c3c(N)nc(N)nc3c(Br)cc21)C(=O)OC. The largest absolute Gasteiger partial charge is 0.466 e. The van der Waals surface area contributed by atoms with Gasteiger partial charge in [-0.15, -0.1) is 0 Å². The first-order valence-electron chi connectivity index (χ1n) is 6.68. The van der Waals surface area contributed by atoms with Crippen molar-refractivity contribution in [2.75, 3.05) is 18.6 Å². The molecule has 0 aliphatic rings. The molecule has 7 nitrogen and oxygen atoms in total. The molecular weight excluding hydrogens is 362 g/mol. The normalized spacial score (nSPS) is 11.0. The van der Waals surface area contributed by atoms with E-state index in [4.69, 9.17) is 11.5 Å². The van der Waals surface area contributed by atoms with E-state index in [2.05, 4.69) is 37.2 Å². The van der Waals surface area contributed by atoms with Gasteiger partial charge in [0.1, 0.15) is 5.82 Å². The van der Waals surface area contributed by atoms with Gasteiger partial charge in [0, 0.05) is 21.6 Å². The Kier molecular flexibility index (Phi) is 3.69. The second kappa shape index (κ2) is 5.54. The van der Waals surface area contributed by atoms with Crippen molar-refractivity contribution in [3.8, 4) is 0 Å². The Hall–Kier alpha value is -2.61. The number of anilines is 2. The summed E-state index contributed by atoms with van der Waals surface area (Å²) in [6.07, 6.45) is 1.85. The van der Waals surface area contributed by atoms with Crippen molar-refractivity contribution in [3.05, 3.63) is 35.0 Å². The Balaban J connectivity index is 2.22. The maximum absolute atomic E-state index is 11.5. The Morgan fingerprint density at radius 1 is 1.43 bits per heavy atom. The maximum Gasteiger partial charge on any atom is 0.334 e. The minimum atomic E-state index is -0.442. The zero-order valence-corrected chi connectivity index (χ0v) is 13.9. The predicted molar refractivity (Wildman–Crippen MR) is 92.7 cm³/mol. The number of fused-ring (bicyclic) bond motifs is 3. The monoisotopic (exact) mass is 375 g/mol. The molecule has 0 amide bonds. The molecule has 0 spiro atoms. The van der Waals surface area contributed by atoms with E-state index in [1.165, 1.54) is 7.11 Å². The number of nitrogens with two attached hydrogens (primary N) is 2. The van der Waals surface area contributed by atoms with Gasteiger partial charge in [0.15, 0.2) is 0 Å². The number of methoxy groups -OCH3 is 1. The highest BCUT2D eigenvalue weighted by Gasteiger charge is 2.15. The number of nitrogen functional groups attached to an aromatic ring is 2. The zero-order chi connectivity index (χ0) is 16.7. The van der Waals surface area contributed by atoms with E-state index in [0.717, 1.165) is 15.4 Å². The third-order valence-corrected chi connectivity index (χ3v) is 4.16. The third kappa shape index (κ3) is 2.50. The van der Waals surface area contributed by atoms with Gasteiger partial charge in [0.2, 0.25) is 5.95 Å². The predicted octanol–water partition coefficient (Wildman–Crippen LogP) is 2.24. The highest BCUT2D eigenvalue weighted by Crippen LogP contribution is 2.34. The fraction of sp³-hybridized carbons (Fsp3) is 0.133. The number of esters is 1. The van der Waals surface area contributed by atoms with Gasteiger partial charge in [0.05, 0.1) is 30.1 Å². The standard InChI is InChI=1S/C15H14BrN5O2/c1-7(14(22)23-2)6-21-4-3-8-10(21)5-9(16)12-11(8)13(17)20-15(18)19-12/h3-5H,1,6H2,2H3,(H4,17,18,19,20). The van der Waals surface area contributed by atoms with E-state index < -0.39 is 5.97 Å². The van der Waals surface area contributed by atoms with Crippen molar-refractivity contribution in [2.45, 2.75) is 6.54 Å². The highest BCUT2D eigenvalue weighted by molar-refractivity contribution is 9.10. The number of aromatic nitrogens is 3. The van der Waals surface area contributed by atoms with Gasteiger partial charge in [-0.05, 0) is 28.1 Å². The van der Waals surface area contributed by atoms with Crippen LogP contribution in [0.1, 0.15) is 0 Å². The van der Waals surface area contributed by atoms with Crippen molar-refractivity contribution in [1.29, 1.82) is 0 Å². The van der Waals surface area contributed by atoms with Gasteiger partial charge in [-0.25, -0.2) is 9.78 Å². The molecule has 8 heteroatoms. The van der Waals surface area contributed by atoms with Crippen LogP contribution in [0.5, 0.6) is 0 Å². The van der Waals surface area contributed by atoms with Gasteiger partial charge in [-0.2, -0.15) is 4.98 Å². The number of carbonyl (C=O) groups excluding carboxylic acids is 1. The van der Waals surface area contributed by atoms with Gasteiger partial charge in [0.25, 0.3) is 0 Å². The molecule has 2 heterocycles. The molecule has 1 aromatic carbocycles. The molecule has 3 rings (SSSR count). The molecule has 0 saturated carbocycles. The van der Waals surface area contributed by atoms with E-state index >= 15 is 0 Å². The second-order valence-corrected chi connectivity index (χ2v) is 5.87. The van der Waals surface area contributed by atoms with E-state index in [0.29, 0.717) is 28.8 Å². The number of halogens is 1. The second-order valence-electron chi connectivity index (χ2n) is 5.02. The molecule has 0 fully saturated rings. The molecular formula is C15H14BrN5O2. The lowest BCUT2D eigenvalue weighted by atomic mass is 10.1. The van der Waals surface area contributed by atoms with Crippen molar-refractivity contribution in [1.82, 2.24) is 14.5 Å². The first-order valence-corrected chi connectivity index (χ1v) is 7.47. The lowest BCUT2D eigenvalue weighted by Crippen LogP contribution is -2.10. The average molecular weight is 376 g/mol. The number of nitrogens with zero attached hydrogens (tertiary/aromatic N) is 3. The van der Waals surface area contributed by atoms with Crippen LogP contribution in [0.4, 0.5) is 11.8 Å². The van der Waals surface area contributed by atoms with Gasteiger partial charge in [-0.3, -0.25) is 0 Å². The summed E-state index contributed by atoms with van der Waals surface area (Å²) in [6, 6.07) is 3.79. The van der Waals surface area contributed by atoms with Crippen LogP contribution in [0.15, 0.2) is 35.0 Å². The van der Waals surface area contributed by atoms with Gasteiger partial charge in [-0.1, -0.05) is 6.58 Å². The Morgan fingerprint density at radius 3 is 2.87 bits per heavy atom. The average Bonchev–Trinajstić information content (AvgIpc) is 2.88. The first-order chi connectivity index (χ1) is 10.9. The lowest BCUT2D eigenvalue weighted by molar-refractivity contribution is -0.136. The number of benzene rings is 1. The summed E-state index contributed by atoms with van der Waals surface area (Å²) in [6.45, 7) is 4.06. The molecule has 0 unspecified atom stereocenters. The minimum Gasteiger partial charge on any atom is -0.466 e. The summed E-state index contributed by atoms with van der Waals surface area (Å²) in [5.74, 6) is -0.0146. The highest BCUT2D eigenvalue weighted by atomic mass is 79.9. The van der Waals surface area contributed by atoms with Gasteiger partial charge < -0.3 is 20.8 Å². The molecule has 23 heavy (non-hydrogen) atoms. The Bertz CT molecular complexity index is 964. The number of rotatable bonds is 3. The summed E-state index contributed by atoms with van der Waals surface area (Å²) in [5.41, 5.74) is 13.6.